The van der Waals surface area contributed by atoms with Crippen molar-refractivity contribution in [3.63, 3.8) is 0 Å². The maximum absolute atomic E-state index is 2.62. The standard InChI is InChI=1S/C26H26N2/c1-18-12-8-11-17-23(18)27-19(2)24-21-15-9-10-16-22(21)26(3,4)28(24)25(27)20-13-6-5-7-14-20/h5-17,25H,1-4H3. The minimum Gasteiger partial charge on any atom is -0.336 e. The molecule has 0 aliphatic carbocycles. The number of para-hydroxylation sites is 1. The van der Waals surface area contributed by atoms with Crippen molar-refractivity contribution in [2.75, 3.05) is 4.90 Å². The molecule has 0 bridgehead atoms. The minimum atomic E-state index is -0.0782. The average Bonchev–Trinajstić information content (AvgIpc) is 3.14. The number of aryl methyl sites for hydroxylation is 1. The van der Waals surface area contributed by atoms with Crippen LogP contribution >= 0.6 is 0 Å². The van der Waals surface area contributed by atoms with Crippen molar-refractivity contribution in [3.05, 3.63) is 107 Å². The third-order valence-electron chi connectivity index (χ3n) is 6.35. The monoisotopic (exact) mass is 366 g/mol. The molecule has 0 radical (unpaired) electrons. The highest BCUT2D eigenvalue weighted by atomic mass is 15.5. The summed E-state index contributed by atoms with van der Waals surface area (Å²) >= 11 is 0. The van der Waals surface area contributed by atoms with E-state index in [0.29, 0.717) is 0 Å². The van der Waals surface area contributed by atoms with E-state index in [9.17, 15) is 0 Å². The fourth-order valence-corrected chi connectivity index (χ4v) is 5.04. The molecule has 2 heteroatoms. The van der Waals surface area contributed by atoms with Gasteiger partial charge in [0.05, 0.1) is 11.2 Å². The molecule has 3 aromatic carbocycles. The van der Waals surface area contributed by atoms with Crippen LogP contribution in [0.3, 0.4) is 0 Å². The van der Waals surface area contributed by atoms with Crippen LogP contribution in [0.1, 0.15) is 49.2 Å². The summed E-state index contributed by atoms with van der Waals surface area (Å²) in [7, 11) is 0. The van der Waals surface area contributed by atoms with Crippen LogP contribution < -0.4 is 4.90 Å². The molecule has 140 valence electrons. The molecule has 2 aliphatic rings. The van der Waals surface area contributed by atoms with Crippen LogP contribution in [-0.2, 0) is 5.54 Å². The van der Waals surface area contributed by atoms with Gasteiger partial charge >= 0.3 is 0 Å². The van der Waals surface area contributed by atoms with Gasteiger partial charge in [0.15, 0.2) is 0 Å². The molecule has 2 aliphatic heterocycles. The van der Waals surface area contributed by atoms with Crippen molar-refractivity contribution in [3.8, 4) is 0 Å². The van der Waals surface area contributed by atoms with Crippen molar-refractivity contribution < 1.29 is 0 Å². The van der Waals surface area contributed by atoms with E-state index in [1.165, 1.54) is 39.3 Å². The van der Waals surface area contributed by atoms with Crippen LogP contribution in [0.25, 0.3) is 5.70 Å². The summed E-state index contributed by atoms with van der Waals surface area (Å²) in [5, 5.41) is 0. The largest absolute Gasteiger partial charge is 0.336 e. The van der Waals surface area contributed by atoms with Crippen molar-refractivity contribution >= 4 is 11.4 Å². The van der Waals surface area contributed by atoms with Crippen LogP contribution in [0.2, 0.25) is 0 Å². The average molecular weight is 367 g/mol. The summed E-state index contributed by atoms with van der Waals surface area (Å²) in [6.07, 6.45) is 0.139. The van der Waals surface area contributed by atoms with Crippen molar-refractivity contribution in [1.82, 2.24) is 4.90 Å². The molecule has 0 amide bonds. The predicted octanol–water partition coefficient (Wildman–Crippen LogP) is 6.45. The molecule has 3 aromatic rings. The third kappa shape index (κ3) is 2.21. The highest BCUT2D eigenvalue weighted by Crippen LogP contribution is 2.57. The Labute approximate surface area is 167 Å². The molecule has 0 spiro atoms. The summed E-state index contributed by atoms with van der Waals surface area (Å²) in [6.45, 7) is 9.18. The van der Waals surface area contributed by atoms with Gasteiger partial charge in [0.2, 0.25) is 0 Å². The number of rotatable bonds is 2. The molecule has 0 fully saturated rings. The Morgan fingerprint density at radius 2 is 1.39 bits per heavy atom. The van der Waals surface area contributed by atoms with E-state index >= 15 is 0 Å². The molecule has 5 rings (SSSR count). The lowest BCUT2D eigenvalue weighted by Crippen LogP contribution is -2.41. The maximum atomic E-state index is 2.62. The molecule has 28 heavy (non-hydrogen) atoms. The Balaban J connectivity index is 1.80. The van der Waals surface area contributed by atoms with Crippen LogP contribution in [-0.4, -0.2) is 4.90 Å². The van der Waals surface area contributed by atoms with E-state index in [1.807, 2.05) is 0 Å². The second kappa shape index (κ2) is 6.00. The number of allylic oxidation sites excluding steroid dienone is 1. The predicted molar refractivity (Wildman–Crippen MR) is 117 cm³/mol. The van der Waals surface area contributed by atoms with Crippen LogP contribution in [0.5, 0.6) is 0 Å². The molecular weight excluding hydrogens is 340 g/mol. The zero-order valence-electron chi connectivity index (χ0n) is 17.0. The van der Waals surface area contributed by atoms with Crippen LogP contribution in [0.4, 0.5) is 5.69 Å². The summed E-state index contributed by atoms with van der Waals surface area (Å²) in [5.41, 5.74) is 9.28. The lowest BCUT2D eigenvalue weighted by molar-refractivity contribution is 0.171. The fourth-order valence-electron chi connectivity index (χ4n) is 5.04. The first-order valence-electron chi connectivity index (χ1n) is 10.0. The molecule has 0 saturated carbocycles. The molecule has 0 N–H and O–H groups in total. The molecule has 0 saturated heterocycles. The van der Waals surface area contributed by atoms with Gasteiger partial charge in [0.25, 0.3) is 0 Å². The van der Waals surface area contributed by atoms with Crippen LogP contribution in [0, 0.1) is 6.92 Å². The van der Waals surface area contributed by atoms with Gasteiger partial charge in [-0.3, -0.25) is 0 Å². The Bertz CT molecular complexity index is 1080. The number of fused-ring (bicyclic) bond motifs is 3. The van der Waals surface area contributed by atoms with Gasteiger partial charge in [-0.15, -0.1) is 0 Å². The summed E-state index contributed by atoms with van der Waals surface area (Å²) in [5.74, 6) is 0. The number of anilines is 1. The number of hydrogen-bond donors (Lipinski definition) is 0. The van der Waals surface area contributed by atoms with E-state index in [0.717, 1.165) is 0 Å². The summed E-state index contributed by atoms with van der Waals surface area (Å²) in [6, 6.07) is 28.5. The van der Waals surface area contributed by atoms with Gasteiger partial charge < -0.3 is 9.80 Å². The van der Waals surface area contributed by atoms with Gasteiger partial charge in [0, 0.05) is 16.9 Å². The lowest BCUT2D eigenvalue weighted by atomic mass is 9.92. The topological polar surface area (TPSA) is 6.48 Å². The van der Waals surface area contributed by atoms with E-state index in [4.69, 9.17) is 0 Å². The Hall–Kier alpha value is -3.00. The number of benzene rings is 3. The molecule has 0 aromatic heterocycles. The quantitative estimate of drug-likeness (QED) is 0.514. The molecule has 1 unspecified atom stereocenters. The van der Waals surface area contributed by atoms with Gasteiger partial charge in [-0.05, 0) is 50.5 Å². The van der Waals surface area contributed by atoms with Crippen molar-refractivity contribution in [2.45, 2.75) is 39.4 Å². The normalized spacial score (nSPS) is 19.8. The Morgan fingerprint density at radius 1 is 0.750 bits per heavy atom. The number of hydrogen-bond acceptors (Lipinski definition) is 2. The number of nitrogens with zero attached hydrogens (tertiary/aromatic N) is 2. The zero-order valence-corrected chi connectivity index (χ0v) is 17.0. The van der Waals surface area contributed by atoms with Gasteiger partial charge in [-0.2, -0.15) is 0 Å². The van der Waals surface area contributed by atoms with Crippen molar-refractivity contribution in [1.29, 1.82) is 0 Å². The Morgan fingerprint density at radius 3 is 2.14 bits per heavy atom. The summed E-state index contributed by atoms with van der Waals surface area (Å²) < 4.78 is 0. The molecular formula is C26H26N2. The second-order valence-corrected chi connectivity index (χ2v) is 8.35. The molecule has 2 nitrogen and oxygen atoms in total. The summed E-state index contributed by atoms with van der Waals surface area (Å²) in [4.78, 5) is 5.15. The first-order valence-corrected chi connectivity index (χ1v) is 10.0. The van der Waals surface area contributed by atoms with Gasteiger partial charge in [-0.25, -0.2) is 0 Å². The molecule has 1 atom stereocenters. The third-order valence-corrected chi connectivity index (χ3v) is 6.35. The zero-order chi connectivity index (χ0) is 19.5. The van der Waals surface area contributed by atoms with Gasteiger partial charge in [0.1, 0.15) is 6.17 Å². The molecule has 2 heterocycles. The van der Waals surface area contributed by atoms with Crippen LogP contribution in [0.15, 0.2) is 84.6 Å². The smallest absolute Gasteiger partial charge is 0.133 e. The highest BCUT2D eigenvalue weighted by molar-refractivity contribution is 5.83. The minimum absolute atomic E-state index is 0.0782. The van der Waals surface area contributed by atoms with E-state index in [-0.39, 0.29) is 11.7 Å². The highest BCUT2D eigenvalue weighted by Gasteiger charge is 2.51. The SMILES string of the molecule is CC1=C2c3ccccc3C(C)(C)N2C(c2ccccc2)N1c1ccccc1C. The second-order valence-electron chi connectivity index (χ2n) is 8.35. The van der Waals surface area contributed by atoms with Crippen molar-refractivity contribution in [2.24, 2.45) is 0 Å². The van der Waals surface area contributed by atoms with E-state index < -0.39 is 0 Å². The Kier molecular flexibility index (Phi) is 3.67. The lowest BCUT2D eigenvalue weighted by Gasteiger charge is -2.42. The first-order chi connectivity index (χ1) is 13.5. The van der Waals surface area contributed by atoms with E-state index in [2.05, 4.69) is 116 Å². The van der Waals surface area contributed by atoms with E-state index in [1.54, 1.807) is 0 Å². The van der Waals surface area contributed by atoms with Gasteiger partial charge in [-0.1, -0.05) is 72.8 Å². The fraction of sp³-hybridized carbons (Fsp3) is 0.231. The first kappa shape index (κ1) is 17.1. The maximum Gasteiger partial charge on any atom is 0.133 e.